The molecular weight excluding hydrogens is 464 g/mol. The van der Waals surface area contributed by atoms with Crippen LogP contribution < -0.4 is 10.1 Å². The molecule has 3 rings (SSSR count). The van der Waals surface area contributed by atoms with Crippen LogP contribution in [0.4, 0.5) is 5.13 Å². The molecule has 6 nitrogen and oxygen atoms in total. The average Bonchev–Trinajstić information content (AvgIpc) is 3.09. The van der Waals surface area contributed by atoms with Crippen LogP contribution in [0.2, 0.25) is 0 Å². The Labute approximate surface area is 175 Å². The summed E-state index contributed by atoms with van der Waals surface area (Å²) in [7, 11) is -1.51. The fourth-order valence-corrected chi connectivity index (χ4v) is 4.57. The van der Waals surface area contributed by atoms with Crippen molar-refractivity contribution in [1.82, 2.24) is 4.98 Å². The van der Waals surface area contributed by atoms with Crippen LogP contribution in [0.1, 0.15) is 15.9 Å². The molecule has 146 valence electrons. The number of nitrogens with zero attached hydrogens (tertiary/aromatic N) is 1. The molecule has 1 N–H and O–H groups in total. The number of ether oxygens (including phenoxy) is 1. The summed E-state index contributed by atoms with van der Waals surface area (Å²) < 4.78 is 28.7. The Bertz CT molecular complexity index is 1110. The molecule has 0 atom stereocenters. The van der Waals surface area contributed by atoms with Gasteiger partial charge in [-0.25, -0.2) is 13.4 Å². The van der Waals surface area contributed by atoms with Crippen LogP contribution in [0, 0.1) is 0 Å². The maximum Gasteiger partial charge on any atom is 0.257 e. The third-order valence-electron chi connectivity index (χ3n) is 3.82. The van der Waals surface area contributed by atoms with Crippen molar-refractivity contribution >= 4 is 48.1 Å². The second-order valence-corrected chi connectivity index (χ2v) is 9.96. The number of anilines is 1. The number of carbonyl (C=O) groups is 1. The van der Waals surface area contributed by atoms with E-state index >= 15 is 0 Å². The number of rotatable bonds is 6. The van der Waals surface area contributed by atoms with Crippen LogP contribution in [0.5, 0.6) is 5.75 Å². The molecule has 0 fully saturated rings. The summed E-state index contributed by atoms with van der Waals surface area (Å²) in [5.41, 5.74) is 2.71. The number of hydrogen-bond donors (Lipinski definition) is 1. The Morgan fingerprint density at radius 3 is 2.54 bits per heavy atom. The molecule has 0 aliphatic heterocycles. The Hall–Kier alpha value is -2.23. The first-order chi connectivity index (χ1) is 13.2. The summed E-state index contributed by atoms with van der Waals surface area (Å²) in [5, 5.41) is 5.11. The number of thiazole rings is 1. The van der Waals surface area contributed by atoms with Gasteiger partial charge in [-0.3, -0.25) is 10.1 Å². The molecule has 28 heavy (non-hydrogen) atoms. The van der Waals surface area contributed by atoms with Gasteiger partial charge in [0.05, 0.1) is 23.0 Å². The van der Waals surface area contributed by atoms with Crippen LogP contribution >= 0.6 is 27.3 Å². The first kappa shape index (κ1) is 20.5. The molecule has 0 aliphatic rings. The van der Waals surface area contributed by atoms with Gasteiger partial charge in [0.1, 0.15) is 5.75 Å². The maximum absolute atomic E-state index is 12.4. The third kappa shape index (κ3) is 5.18. The summed E-state index contributed by atoms with van der Waals surface area (Å²) >= 11 is 4.77. The van der Waals surface area contributed by atoms with E-state index in [-0.39, 0.29) is 11.7 Å². The highest BCUT2D eigenvalue weighted by atomic mass is 79.9. The van der Waals surface area contributed by atoms with Crippen LogP contribution in [-0.4, -0.2) is 32.7 Å². The maximum atomic E-state index is 12.4. The minimum Gasteiger partial charge on any atom is -0.496 e. The number of nitrogens with one attached hydrogen (secondary N) is 1. The van der Waals surface area contributed by atoms with E-state index in [0.29, 0.717) is 16.3 Å². The fraction of sp³-hybridized carbons (Fsp3) is 0.158. The summed E-state index contributed by atoms with van der Waals surface area (Å²) in [6, 6.07) is 12.1. The fourth-order valence-electron chi connectivity index (χ4n) is 2.51. The predicted octanol–water partition coefficient (Wildman–Crippen LogP) is 4.38. The topological polar surface area (TPSA) is 85.4 Å². The molecule has 2 aromatic carbocycles. The number of sulfone groups is 1. The van der Waals surface area contributed by atoms with E-state index in [1.54, 1.807) is 31.4 Å². The molecule has 3 aromatic rings. The lowest BCUT2D eigenvalue weighted by Gasteiger charge is -2.05. The van der Waals surface area contributed by atoms with E-state index in [0.717, 1.165) is 21.5 Å². The van der Waals surface area contributed by atoms with E-state index < -0.39 is 9.84 Å². The van der Waals surface area contributed by atoms with Crippen molar-refractivity contribution in [1.29, 1.82) is 0 Å². The lowest BCUT2D eigenvalue weighted by Crippen LogP contribution is -2.11. The summed E-state index contributed by atoms with van der Waals surface area (Å²) in [6.07, 6.45) is 1.18. The normalized spacial score (nSPS) is 11.2. The number of hydrogen-bond acceptors (Lipinski definition) is 6. The van der Waals surface area contributed by atoms with Crippen molar-refractivity contribution in [2.45, 2.75) is 5.75 Å². The van der Waals surface area contributed by atoms with E-state index in [9.17, 15) is 13.2 Å². The van der Waals surface area contributed by atoms with Gasteiger partial charge in [-0.05, 0) is 51.8 Å². The van der Waals surface area contributed by atoms with Gasteiger partial charge in [0.15, 0.2) is 15.0 Å². The lowest BCUT2D eigenvalue weighted by molar-refractivity contribution is 0.102. The molecule has 0 bridgehead atoms. The van der Waals surface area contributed by atoms with Gasteiger partial charge in [-0.15, -0.1) is 11.3 Å². The van der Waals surface area contributed by atoms with Crippen LogP contribution in [0.15, 0.2) is 52.3 Å². The smallest absolute Gasteiger partial charge is 0.257 e. The molecule has 0 saturated heterocycles. The van der Waals surface area contributed by atoms with Gasteiger partial charge in [0.2, 0.25) is 0 Å². The second-order valence-electron chi connectivity index (χ2n) is 6.11. The number of amides is 1. The van der Waals surface area contributed by atoms with Crippen molar-refractivity contribution in [3.8, 4) is 17.0 Å². The minimum absolute atomic E-state index is 0.0534. The lowest BCUT2D eigenvalue weighted by atomic mass is 10.1. The molecule has 0 saturated carbocycles. The van der Waals surface area contributed by atoms with Gasteiger partial charge in [-0.2, -0.15) is 0 Å². The Balaban J connectivity index is 1.71. The molecule has 1 amide bonds. The molecule has 9 heteroatoms. The molecule has 1 heterocycles. The SMILES string of the molecule is COc1ccc(-c2csc(NC(=O)c3ccc(CS(C)(=O)=O)cc3)n2)cc1Br. The van der Waals surface area contributed by atoms with Crippen LogP contribution in [-0.2, 0) is 15.6 Å². The summed E-state index contributed by atoms with van der Waals surface area (Å²) in [5.74, 6) is 0.372. The molecule has 1 aromatic heterocycles. The standard InChI is InChI=1S/C19H17BrN2O4S2/c1-26-17-8-7-14(9-15(17)20)16-10-27-19(21-16)22-18(23)13-5-3-12(4-6-13)11-28(2,24)25/h3-10H,11H2,1-2H3,(H,21,22,23). The molecule has 0 radical (unpaired) electrons. The van der Waals surface area contributed by atoms with Crippen molar-refractivity contribution in [3.63, 3.8) is 0 Å². The van der Waals surface area contributed by atoms with Crippen molar-refractivity contribution in [3.05, 3.63) is 63.4 Å². The first-order valence-electron chi connectivity index (χ1n) is 8.12. The van der Waals surface area contributed by atoms with Gasteiger partial charge < -0.3 is 4.74 Å². The molecule has 0 spiro atoms. The Morgan fingerprint density at radius 1 is 1.21 bits per heavy atom. The predicted molar refractivity (Wildman–Crippen MR) is 115 cm³/mol. The molecule has 0 unspecified atom stereocenters. The quantitative estimate of drug-likeness (QED) is 0.565. The second kappa shape index (κ2) is 8.42. The first-order valence-corrected chi connectivity index (χ1v) is 11.9. The van der Waals surface area contributed by atoms with Gasteiger partial charge in [0.25, 0.3) is 5.91 Å². The highest BCUT2D eigenvalue weighted by Crippen LogP contribution is 2.32. The van der Waals surface area contributed by atoms with Crippen molar-refractivity contribution in [2.24, 2.45) is 0 Å². The van der Waals surface area contributed by atoms with Gasteiger partial charge >= 0.3 is 0 Å². The number of aromatic nitrogens is 1. The van der Waals surface area contributed by atoms with E-state index in [1.807, 2.05) is 23.6 Å². The van der Waals surface area contributed by atoms with Gasteiger partial charge in [-0.1, -0.05) is 12.1 Å². The summed E-state index contributed by atoms with van der Waals surface area (Å²) in [4.78, 5) is 16.9. The Kier molecular flexibility index (Phi) is 6.17. The van der Waals surface area contributed by atoms with E-state index in [2.05, 4.69) is 26.2 Å². The van der Waals surface area contributed by atoms with Crippen LogP contribution in [0.25, 0.3) is 11.3 Å². The molecule has 0 aliphatic carbocycles. The van der Waals surface area contributed by atoms with Crippen LogP contribution in [0.3, 0.4) is 0 Å². The number of benzene rings is 2. The zero-order valence-electron chi connectivity index (χ0n) is 15.1. The van der Waals surface area contributed by atoms with Gasteiger partial charge in [0, 0.05) is 22.8 Å². The highest BCUT2D eigenvalue weighted by Gasteiger charge is 2.12. The van der Waals surface area contributed by atoms with E-state index in [1.165, 1.54) is 17.6 Å². The number of methoxy groups -OCH3 is 1. The number of carbonyl (C=O) groups excluding carboxylic acids is 1. The Morgan fingerprint density at radius 2 is 1.93 bits per heavy atom. The molecular formula is C19H17BrN2O4S2. The van der Waals surface area contributed by atoms with E-state index in [4.69, 9.17) is 4.74 Å². The zero-order chi connectivity index (χ0) is 20.3. The minimum atomic E-state index is -3.11. The largest absolute Gasteiger partial charge is 0.496 e. The van der Waals surface area contributed by atoms with Crippen molar-refractivity contribution in [2.75, 3.05) is 18.7 Å². The zero-order valence-corrected chi connectivity index (χ0v) is 18.3. The third-order valence-corrected chi connectivity index (χ3v) is 6.05. The number of halogens is 1. The monoisotopic (exact) mass is 480 g/mol. The summed E-state index contributed by atoms with van der Waals surface area (Å²) in [6.45, 7) is 0. The average molecular weight is 481 g/mol. The van der Waals surface area contributed by atoms with Crippen molar-refractivity contribution < 1.29 is 17.9 Å². The highest BCUT2D eigenvalue weighted by molar-refractivity contribution is 9.10.